The Morgan fingerprint density at radius 3 is 2.77 bits per heavy atom. The first-order valence-electron chi connectivity index (χ1n) is 5.01. The molecule has 0 unspecified atom stereocenters. The third kappa shape index (κ3) is 1.78. The molecule has 68 valence electrons. The fourth-order valence-electron chi connectivity index (χ4n) is 2.10. The first-order chi connectivity index (χ1) is 6.40. The minimum absolute atomic E-state index is 0.848. The van der Waals surface area contributed by atoms with Crippen LogP contribution in [0.4, 0.5) is 0 Å². The molecule has 2 aliphatic carbocycles. The van der Waals surface area contributed by atoms with Gasteiger partial charge in [-0.3, -0.25) is 0 Å². The molecular weight excluding hydrogens is 160 g/mol. The Balaban J connectivity index is 2.35. The maximum absolute atomic E-state index is 8.73. The van der Waals surface area contributed by atoms with E-state index in [0.29, 0.717) is 0 Å². The molecule has 2 aliphatic rings. The Labute approximate surface area is 78.6 Å². The summed E-state index contributed by atoms with van der Waals surface area (Å²) in [4.78, 5) is 3.31. The van der Waals surface area contributed by atoms with E-state index in [1.54, 1.807) is 0 Å². The molecule has 0 amide bonds. The molecule has 0 heterocycles. The van der Waals surface area contributed by atoms with Crippen molar-refractivity contribution in [3.8, 4) is 0 Å². The van der Waals surface area contributed by atoms with Crippen molar-refractivity contribution in [1.82, 2.24) is 0 Å². The highest BCUT2D eigenvalue weighted by Gasteiger charge is 2.17. The Kier molecular flexibility index (Phi) is 2.42. The van der Waals surface area contributed by atoms with Crippen LogP contribution in [0.25, 0.3) is 5.53 Å². The number of hydrogen-bond donors (Lipinski definition) is 0. The van der Waals surface area contributed by atoms with Crippen molar-refractivity contribution >= 4 is 5.71 Å². The monoisotopic (exact) mass is 174 g/mol. The molecule has 0 N–H and O–H groups in total. The molecule has 2 heteroatoms. The predicted octanol–water partition coefficient (Wildman–Crippen LogP) is 2.88. The average Bonchev–Trinajstić information content (AvgIpc) is 2.38. The molecule has 0 radical (unpaired) electrons. The lowest BCUT2D eigenvalue weighted by Crippen LogP contribution is -1.97. The minimum Gasteiger partial charge on any atom is -0.361 e. The van der Waals surface area contributed by atoms with Crippen molar-refractivity contribution in [1.29, 1.82) is 0 Å². The summed E-state index contributed by atoms with van der Waals surface area (Å²) in [5.74, 6) is 0. The van der Waals surface area contributed by atoms with E-state index in [4.69, 9.17) is 5.53 Å². The Bertz CT molecular complexity index is 317. The second-order valence-electron chi connectivity index (χ2n) is 3.74. The zero-order chi connectivity index (χ0) is 9.10. The molecule has 0 aliphatic heterocycles. The maximum Gasteiger partial charge on any atom is 0.292 e. The van der Waals surface area contributed by atoms with Gasteiger partial charge < -0.3 is 5.53 Å². The van der Waals surface area contributed by atoms with Gasteiger partial charge in [-0.05, 0) is 43.3 Å². The summed E-state index contributed by atoms with van der Waals surface area (Å²) in [5, 5.41) is 0. The van der Waals surface area contributed by atoms with Crippen LogP contribution in [0, 0.1) is 0 Å². The third-order valence-corrected chi connectivity index (χ3v) is 2.80. The van der Waals surface area contributed by atoms with Gasteiger partial charge in [-0.1, -0.05) is 6.08 Å². The average molecular weight is 174 g/mol. The lowest BCUT2D eigenvalue weighted by molar-refractivity contribution is -0.00631. The van der Waals surface area contributed by atoms with E-state index in [1.165, 1.54) is 24.0 Å². The van der Waals surface area contributed by atoms with Crippen molar-refractivity contribution in [3.63, 3.8) is 0 Å². The molecule has 0 saturated carbocycles. The van der Waals surface area contributed by atoms with E-state index < -0.39 is 0 Å². The highest BCUT2D eigenvalue weighted by Crippen LogP contribution is 2.30. The first kappa shape index (κ1) is 8.46. The van der Waals surface area contributed by atoms with Crippen LogP contribution < -0.4 is 0 Å². The minimum atomic E-state index is 0.848. The Morgan fingerprint density at radius 2 is 1.92 bits per heavy atom. The Morgan fingerprint density at radius 1 is 1.08 bits per heavy atom. The van der Waals surface area contributed by atoms with Crippen molar-refractivity contribution in [2.75, 3.05) is 0 Å². The van der Waals surface area contributed by atoms with E-state index in [9.17, 15) is 0 Å². The number of rotatable bonds is 0. The van der Waals surface area contributed by atoms with Crippen LogP contribution in [0.15, 0.2) is 23.3 Å². The maximum atomic E-state index is 8.73. The second-order valence-corrected chi connectivity index (χ2v) is 3.74. The van der Waals surface area contributed by atoms with E-state index in [1.807, 2.05) is 0 Å². The predicted molar refractivity (Wildman–Crippen MR) is 52.5 cm³/mol. The normalized spacial score (nSPS) is 22.3. The number of fused-ring (bicyclic) bond motifs is 1. The van der Waals surface area contributed by atoms with Gasteiger partial charge >= 0.3 is 0 Å². The van der Waals surface area contributed by atoms with Gasteiger partial charge in [0.15, 0.2) is 0 Å². The molecule has 2 rings (SSSR count). The summed E-state index contributed by atoms with van der Waals surface area (Å²) in [6.07, 6.45) is 11.2. The van der Waals surface area contributed by atoms with Crippen LogP contribution >= 0.6 is 0 Å². The molecule has 0 aromatic rings. The molecular formula is C11H14N2. The summed E-state index contributed by atoms with van der Waals surface area (Å²) in [6, 6.07) is 0. The third-order valence-electron chi connectivity index (χ3n) is 2.80. The summed E-state index contributed by atoms with van der Waals surface area (Å²) >= 11 is 0. The molecule has 2 nitrogen and oxygen atoms in total. The van der Waals surface area contributed by atoms with Gasteiger partial charge in [0.1, 0.15) is 0 Å². The van der Waals surface area contributed by atoms with Crippen molar-refractivity contribution in [2.24, 2.45) is 0 Å². The van der Waals surface area contributed by atoms with Gasteiger partial charge in [0.2, 0.25) is 0 Å². The van der Waals surface area contributed by atoms with Crippen molar-refractivity contribution < 1.29 is 4.79 Å². The first-order valence-corrected chi connectivity index (χ1v) is 5.01. The van der Waals surface area contributed by atoms with Crippen LogP contribution in [0.5, 0.6) is 0 Å². The van der Waals surface area contributed by atoms with Gasteiger partial charge in [-0.2, -0.15) is 4.79 Å². The molecule has 0 bridgehead atoms. The van der Waals surface area contributed by atoms with E-state index in [-0.39, 0.29) is 0 Å². The van der Waals surface area contributed by atoms with Gasteiger partial charge in [0, 0.05) is 12.5 Å². The fourth-order valence-corrected chi connectivity index (χ4v) is 2.10. The van der Waals surface area contributed by atoms with Crippen LogP contribution in [0.2, 0.25) is 0 Å². The standard InChI is InChI=1S/C11H14N2/c12-13-11-7-3-6-9-4-1-2-5-10(9)8-11/h4,8H,1-3,5-7H2. The summed E-state index contributed by atoms with van der Waals surface area (Å²) in [7, 11) is 0. The topological polar surface area (TPSA) is 36.4 Å². The summed E-state index contributed by atoms with van der Waals surface area (Å²) in [6.45, 7) is 0. The van der Waals surface area contributed by atoms with Crippen LogP contribution in [0.1, 0.15) is 38.5 Å². The SMILES string of the molecule is [N-]=[N+]=C1C=C2CCCC=C2CCC1. The largest absolute Gasteiger partial charge is 0.361 e. The lowest BCUT2D eigenvalue weighted by atomic mass is 9.92. The van der Waals surface area contributed by atoms with Gasteiger partial charge in [-0.15, -0.1) is 0 Å². The second kappa shape index (κ2) is 3.71. The van der Waals surface area contributed by atoms with Crippen LogP contribution in [-0.2, 0) is 0 Å². The van der Waals surface area contributed by atoms with E-state index >= 15 is 0 Å². The Hall–Kier alpha value is -1.14. The van der Waals surface area contributed by atoms with Crippen LogP contribution in [-0.4, -0.2) is 10.5 Å². The molecule has 0 fully saturated rings. The highest BCUT2D eigenvalue weighted by atomic mass is 14.8. The summed E-state index contributed by atoms with van der Waals surface area (Å²) in [5.41, 5.74) is 12.5. The van der Waals surface area contributed by atoms with Crippen molar-refractivity contribution in [3.05, 3.63) is 28.8 Å². The van der Waals surface area contributed by atoms with Gasteiger partial charge in [-0.25, -0.2) is 0 Å². The number of nitrogens with zero attached hydrogens (tertiary/aromatic N) is 2. The fraction of sp³-hybridized carbons (Fsp3) is 0.545. The quantitative estimate of drug-likeness (QED) is 0.400. The molecule has 0 aromatic carbocycles. The smallest absolute Gasteiger partial charge is 0.292 e. The van der Waals surface area contributed by atoms with Crippen LogP contribution in [0.3, 0.4) is 0 Å². The van der Waals surface area contributed by atoms with Gasteiger partial charge in [0.05, 0.1) is 0 Å². The molecule has 0 spiro atoms. The zero-order valence-electron chi connectivity index (χ0n) is 7.79. The lowest BCUT2D eigenvalue weighted by Gasteiger charge is -2.13. The van der Waals surface area contributed by atoms with E-state index in [2.05, 4.69) is 16.9 Å². The van der Waals surface area contributed by atoms with E-state index in [0.717, 1.165) is 31.4 Å². The highest BCUT2D eigenvalue weighted by molar-refractivity contribution is 5.92. The summed E-state index contributed by atoms with van der Waals surface area (Å²) < 4.78 is 0. The molecule has 0 atom stereocenters. The number of allylic oxidation sites excluding steroid dienone is 4. The zero-order valence-corrected chi connectivity index (χ0v) is 7.79. The number of hydrogen-bond acceptors (Lipinski definition) is 0. The molecule has 0 aromatic heterocycles. The molecule has 13 heavy (non-hydrogen) atoms. The van der Waals surface area contributed by atoms with Gasteiger partial charge in [0.25, 0.3) is 5.71 Å². The van der Waals surface area contributed by atoms with Crippen molar-refractivity contribution in [2.45, 2.75) is 38.5 Å². The molecule has 0 saturated heterocycles.